The van der Waals surface area contributed by atoms with Crippen molar-refractivity contribution in [3.8, 4) is 0 Å². The summed E-state index contributed by atoms with van der Waals surface area (Å²) < 4.78 is 5.73. The molecule has 3 N–H and O–H groups in total. The Hall–Kier alpha value is -0.690. The molecule has 18 heavy (non-hydrogen) atoms. The number of hydrogen-bond acceptors (Lipinski definition) is 5. The molecule has 2 heterocycles. The third-order valence-corrected chi connectivity index (χ3v) is 3.76. The van der Waals surface area contributed by atoms with E-state index in [0.717, 1.165) is 19.7 Å². The van der Waals surface area contributed by atoms with E-state index in [1.54, 1.807) is 0 Å². The van der Waals surface area contributed by atoms with Crippen molar-refractivity contribution < 1.29 is 19.7 Å². The lowest BCUT2D eigenvalue weighted by molar-refractivity contribution is -0.156. The summed E-state index contributed by atoms with van der Waals surface area (Å²) in [6, 6.07) is 0.573. The SMILES string of the molecule is CC(O)(CNCC1CN2CCCC2CO1)C(=O)O. The molecule has 104 valence electrons. The lowest BCUT2D eigenvalue weighted by atomic mass is 10.1. The van der Waals surface area contributed by atoms with Crippen LogP contribution >= 0.6 is 0 Å². The fourth-order valence-corrected chi connectivity index (χ4v) is 2.56. The molecule has 0 radical (unpaired) electrons. The molecule has 0 bridgehead atoms. The van der Waals surface area contributed by atoms with Gasteiger partial charge in [0.1, 0.15) is 0 Å². The molecule has 2 fully saturated rings. The number of morpholine rings is 1. The highest BCUT2D eigenvalue weighted by atomic mass is 16.5. The molecule has 0 aliphatic carbocycles. The van der Waals surface area contributed by atoms with Crippen LogP contribution < -0.4 is 5.32 Å². The number of carboxylic acids is 1. The summed E-state index contributed by atoms with van der Waals surface area (Å²) in [6.07, 6.45) is 2.54. The van der Waals surface area contributed by atoms with Gasteiger partial charge < -0.3 is 20.3 Å². The Balaban J connectivity index is 1.70. The molecule has 3 unspecified atom stereocenters. The van der Waals surface area contributed by atoms with Crippen LogP contribution in [0.25, 0.3) is 0 Å². The Morgan fingerprint density at radius 1 is 1.61 bits per heavy atom. The number of fused-ring (bicyclic) bond motifs is 1. The maximum atomic E-state index is 10.7. The maximum Gasteiger partial charge on any atom is 0.336 e. The van der Waals surface area contributed by atoms with Gasteiger partial charge in [0.2, 0.25) is 0 Å². The van der Waals surface area contributed by atoms with Crippen molar-refractivity contribution in [3.63, 3.8) is 0 Å². The summed E-state index contributed by atoms with van der Waals surface area (Å²) in [5, 5.41) is 21.3. The summed E-state index contributed by atoms with van der Waals surface area (Å²) in [5.74, 6) is -1.21. The molecule has 0 aromatic rings. The summed E-state index contributed by atoms with van der Waals surface area (Å²) in [6.45, 7) is 4.70. The van der Waals surface area contributed by atoms with Crippen molar-refractivity contribution in [2.45, 2.75) is 37.5 Å². The summed E-state index contributed by atoms with van der Waals surface area (Å²) in [4.78, 5) is 13.2. The van der Waals surface area contributed by atoms with Gasteiger partial charge in [0.15, 0.2) is 5.60 Å². The van der Waals surface area contributed by atoms with Crippen LogP contribution in [0.1, 0.15) is 19.8 Å². The van der Waals surface area contributed by atoms with Gasteiger partial charge in [-0.15, -0.1) is 0 Å². The first-order chi connectivity index (χ1) is 8.49. The van der Waals surface area contributed by atoms with Gasteiger partial charge in [0.25, 0.3) is 0 Å². The molecule has 6 heteroatoms. The number of aliphatic hydroxyl groups is 1. The number of carboxylic acid groups (broad SMARTS) is 1. The van der Waals surface area contributed by atoms with E-state index >= 15 is 0 Å². The summed E-state index contributed by atoms with van der Waals surface area (Å²) in [7, 11) is 0. The van der Waals surface area contributed by atoms with Crippen LogP contribution in [0.4, 0.5) is 0 Å². The second-order valence-corrected chi connectivity index (χ2v) is 5.46. The van der Waals surface area contributed by atoms with E-state index in [-0.39, 0.29) is 12.6 Å². The number of nitrogens with zero attached hydrogens (tertiary/aromatic N) is 1. The minimum absolute atomic E-state index is 0.0334. The van der Waals surface area contributed by atoms with Crippen molar-refractivity contribution in [3.05, 3.63) is 0 Å². The second-order valence-electron chi connectivity index (χ2n) is 5.46. The molecule has 3 atom stereocenters. The van der Waals surface area contributed by atoms with Crippen LogP contribution in [0.2, 0.25) is 0 Å². The van der Waals surface area contributed by atoms with E-state index in [0.29, 0.717) is 12.6 Å². The van der Waals surface area contributed by atoms with Crippen molar-refractivity contribution in [1.29, 1.82) is 0 Å². The van der Waals surface area contributed by atoms with Gasteiger partial charge in [-0.2, -0.15) is 0 Å². The third kappa shape index (κ3) is 3.20. The predicted octanol–water partition coefficient (Wildman–Crippen LogP) is -0.725. The Labute approximate surface area is 107 Å². The lowest BCUT2D eigenvalue weighted by Gasteiger charge is -2.35. The maximum absolute atomic E-state index is 10.7. The van der Waals surface area contributed by atoms with Gasteiger partial charge in [-0.1, -0.05) is 0 Å². The van der Waals surface area contributed by atoms with E-state index in [4.69, 9.17) is 9.84 Å². The highest BCUT2D eigenvalue weighted by molar-refractivity contribution is 5.76. The van der Waals surface area contributed by atoms with E-state index in [2.05, 4.69) is 10.2 Å². The molecule has 2 aliphatic heterocycles. The first-order valence-corrected chi connectivity index (χ1v) is 6.51. The van der Waals surface area contributed by atoms with Crippen LogP contribution in [0.5, 0.6) is 0 Å². The molecule has 0 aromatic heterocycles. The molecular formula is C12H22N2O4. The number of carbonyl (C=O) groups is 1. The normalized spacial score (nSPS) is 31.9. The Morgan fingerprint density at radius 2 is 2.39 bits per heavy atom. The fourth-order valence-electron chi connectivity index (χ4n) is 2.56. The van der Waals surface area contributed by atoms with Gasteiger partial charge in [-0.25, -0.2) is 4.79 Å². The smallest absolute Gasteiger partial charge is 0.336 e. The first kappa shape index (κ1) is 13.7. The highest BCUT2D eigenvalue weighted by Gasteiger charge is 2.33. The van der Waals surface area contributed by atoms with Crippen molar-refractivity contribution in [2.75, 3.05) is 32.8 Å². The molecule has 6 nitrogen and oxygen atoms in total. The van der Waals surface area contributed by atoms with E-state index in [1.807, 2.05) is 0 Å². The molecule has 2 rings (SSSR count). The van der Waals surface area contributed by atoms with Crippen molar-refractivity contribution >= 4 is 5.97 Å². The zero-order valence-electron chi connectivity index (χ0n) is 10.8. The third-order valence-electron chi connectivity index (χ3n) is 3.76. The Morgan fingerprint density at radius 3 is 3.11 bits per heavy atom. The molecule has 0 saturated carbocycles. The number of hydrogen-bond donors (Lipinski definition) is 3. The zero-order chi connectivity index (χ0) is 13.2. The van der Waals surface area contributed by atoms with Gasteiger partial charge in [0.05, 0.1) is 12.7 Å². The standard InChI is InChI=1S/C12H22N2O4/c1-12(17,11(15)16)8-13-5-10-6-14-4-2-3-9(14)7-18-10/h9-10,13,17H,2-8H2,1H3,(H,15,16). The highest BCUT2D eigenvalue weighted by Crippen LogP contribution is 2.22. The van der Waals surface area contributed by atoms with Gasteiger partial charge >= 0.3 is 5.97 Å². The van der Waals surface area contributed by atoms with Crippen LogP contribution in [0.3, 0.4) is 0 Å². The number of nitrogens with one attached hydrogen (secondary N) is 1. The topological polar surface area (TPSA) is 82.0 Å². The predicted molar refractivity (Wildman–Crippen MR) is 65.5 cm³/mol. The molecule has 2 saturated heterocycles. The Kier molecular flexibility index (Phi) is 4.21. The minimum atomic E-state index is -1.72. The van der Waals surface area contributed by atoms with E-state index in [1.165, 1.54) is 19.8 Å². The molecular weight excluding hydrogens is 236 g/mol. The van der Waals surface area contributed by atoms with Crippen LogP contribution in [-0.4, -0.2) is 71.6 Å². The number of aliphatic carboxylic acids is 1. The monoisotopic (exact) mass is 258 g/mol. The van der Waals surface area contributed by atoms with Crippen LogP contribution in [-0.2, 0) is 9.53 Å². The minimum Gasteiger partial charge on any atom is -0.479 e. The average molecular weight is 258 g/mol. The van der Waals surface area contributed by atoms with E-state index in [9.17, 15) is 9.90 Å². The molecule has 0 amide bonds. The Bertz CT molecular complexity index is 308. The van der Waals surface area contributed by atoms with Crippen LogP contribution in [0.15, 0.2) is 0 Å². The van der Waals surface area contributed by atoms with Gasteiger partial charge in [0, 0.05) is 25.7 Å². The quantitative estimate of drug-likeness (QED) is 0.603. The van der Waals surface area contributed by atoms with Crippen molar-refractivity contribution in [1.82, 2.24) is 10.2 Å². The first-order valence-electron chi connectivity index (χ1n) is 6.51. The summed E-state index contributed by atoms with van der Waals surface area (Å²) in [5.41, 5.74) is -1.72. The van der Waals surface area contributed by atoms with Crippen LogP contribution in [0, 0.1) is 0 Å². The second kappa shape index (κ2) is 5.52. The largest absolute Gasteiger partial charge is 0.479 e. The van der Waals surface area contributed by atoms with Crippen molar-refractivity contribution in [2.24, 2.45) is 0 Å². The zero-order valence-corrected chi connectivity index (χ0v) is 10.8. The fraction of sp³-hybridized carbons (Fsp3) is 0.917. The number of ether oxygens (including phenoxy) is 1. The molecule has 0 aromatic carbocycles. The van der Waals surface area contributed by atoms with E-state index < -0.39 is 11.6 Å². The molecule has 0 spiro atoms. The molecule has 2 aliphatic rings. The average Bonchev–Trinajstić information content (AvgIpc) is 2.75. The van der Waals surface area contributed by atoms with Gasteiger partial charge in [-0.05, 0) is 26.3 Å². The van der Waals surface area contributed by atoms with Gasteiger partial charge in [-0.3, -0.25) is 4.90 Å². The summed E-state index contributed by atoms with van der Waals surface area (Å²) >= 11 is 0. The number of rotatable bonds is 5. The lowest BCUT2D eigenvalue weighted by Crippen LogP contribution is -2.52.